The third-order valence-corrected chi connectivity index (χ3v) is 8.96. The molecule has 0 heterocycles. The largest absolute Gasteiger partial charge is 0.463 e. The lowest BCUT2D eigenvalue weighted by atomic mass is 9.73. The summed E-state index contributed by atoms with van der Waals surface area (Å²) >= 11 is 21.3. The Morgan fingerprint density at radius 1 is 0.656 bits per heavy atom. The maximum atomic E-state index is 6.16. The molecule has 0 saturated heterocycles. The standard InChI is InChI=1S/C24H20Br6O2/c1-11-12(2)17(9-31-23-19(27)5-15(25)6-20(23)28)14(4)18(13(11)3)10-32-24-21(29)7-16(26)8-22(24)30/h5-10,12,14H,1-4H3. The summed E-state index contributed by atoms with van der Waals surface area (Å²) in [5.41, 5.74) is 4.87. The zero-order valence-electron chi connectivity index (χ0n) is 17.7. The molecule has 0 fully saturated rings. The fourth-order valence-electron chi connectivity index (χ4n) is 3.61. The second kappa shape index (κ2) is 11.3. The fourth-order valence-corrected chi connectivity index (χ4v) is 8.50. The molecule has 0 amide bonds. The molecule has 0 saturated carbocycles. The normalized spacial score (nSPS) is 21.4. The lowest BCUT2D eigenvalue weighted by molar-refractivity contribution is 0.439. The Kier molecular flexibility index (Phi) is 9.40. The van der Waals surface area contributed by atoms with Crippen LogP contribution in [0, 0.1) is 11.8 Å². The monoisotopic (exact) mass is 814 g/mol. The van der Waals surface area contributed by atoms with E-state index in [9.17, 15) is 0 Å². The van der Waals surface area contributed by atoms with E-state index in [0.29, 0.717) is 0 Å². The van der Waals surface area contributed by atoms with Crippen LogP contribution in [-0.4, -0.2) is 0 Å². The minimum atomic E-state index is 0.134. The van der Waals surface area contributed by atoms with Crippen molar-refractivity contribution >= 4 is 95.6 Å². The van der Waals surface area contributed by atoms with E-state index in [2.05, 4.69) is 123 Å². The van der Waals surface area contributed by atoms with Crippen molar-refractivity contribution in [2.45, 2.75) is 27.7 Å². The lowest BCUT2D eigenvalue weighted by Crippen LogP contribution is -2.21. The Hall–Kier alpha value is 0.140. The highest BCUT2D eigenvalue weighted by Crippen LogP contribution is 2.44. The highest BCUT2D eigenvalue weighted by atomic mass is 79.9. The number of hydrogen-bond donors (Lipinski definition) is 0. The van der Waals surface area contributed by atoms with Gasteiger partial charge in [0.05, 0.1) is 30.4 Å². The molecule has 1 aliphatic carbocycles. The third kappa shape index (κ3) is 5.85. The zero-order valence-corrected chi connectivity index (χ0v) is 27.2. The molecular formula is C24H20Br6O2. The van der Waals surface area contributed by atoms with Gasteiger partial charge in [0.15, 0.2) is 11.5 Å². The molecule has 2 aromatic rings. The Bertz CT molecular complexity index is 1100. The van der Waals surface area contributed by atoms with Gasteiger partial charge in [0, 0.05) is 20.8 Å². The topological polar surface area (TPSA) is 18.5 Å². The van der Waals surface area contributed by atoms with Crippen molar-refractivity contribution in [2.24, 2.45) is 11.8 Å². The molecule has 3 rings (SSSR count). The first-order valence-electron chi connectivity index (χ1n) is 9.71. The van der Waals surface area contributed by atoms with Crippen LogP contribution >= 0.6 is 95.6 Å². The SMILES string of the molecule is CC1=C(C)C(C)C(=COc2c(Br)cc(Br)cc2Br)C(C)C1=COc1c(Br)cc(Br)cc1Br. The molecule has 2 aromatic carbocycles. The van der Waals surface area contributed by atoms with Gasteiger partial charge in [0.2, 0.25) is 0 Å². The van der Waals surface area contributed by atoms with Crippen LogP contribution in [0.2, 0.25) is 0 Å². The molecule has 2 unspecified atom stereocenters. The van der Waals surface area contributed by atoms with Crippen molar-refractivity contribution in [2.75, 3.05) is 0 Å². The Morgan fingerprint density at radius 2 is 1.06 bits per heavy atom. The van der Waals surface area contributed by atoms with Crippen LogP contribution in [0.15, 0.2) is 85.9 Å². The molecule has 0 N–H and O–H groups in total. The van der Waals surface area contributed by atoms with Crippen LogP contribution in [0.3, 0.4) is 0 Å². The summed E-state index contributed by atoms with van der Waals surface area (Å²) in [5, 5.41) is 0. The van der Waals surface area contributed by atoms with Crippen LogP contribution in [-0.2, 0) is 0 Å². The first-order valence-corrected chi connectivity index (χ1v) is 14.5. The van der Waals surface area contributed by atoms with Gasteiger partial charge in [0.1, 0.15) is 0 Å². The van der Waals surface area contributed by atoms with E-state index in [-0.39, 0.29) is 11.8 Å². The van der Waals surface area contributed by atoms with Crippen molar-refractivity contribution in [1.82, 2.24) is 0 Å². The predicted molar refractivity (Wildman–Crippen MR) is 153 cm³/mol. The Labute approximate surface area is 239 Å². The molecule has 2 atom stereocenters. The van der Waals surface area contributed by atoms with Gasteiger partial charge in [-0.25, -0.2) is 0 Å². The summed E-state index contributed by atoms with van der Waals surface area (Å²) in [4.78, 5) is 0. The smallest absolute Gasteiger partial charge is 0.154 e. The van der Waals surface area contributed by atoms with Crippen molar-refractivity contribution in [3.05, 3.63) is 85.9 Å². The first-order chi connectivity index (χ1) is 15.0. The molecule has 2 nitrogen and oxygen atoms in total. The van der Waals surface area contributed by atoms with Crippen molar-refractivity contribution in [3.63, 3.8) is 0 Å². The molecular weight excluding hydrogens is 800 g/mol. The van der Waals surface area contributed by atoms with Crippen molar-refractivity contribution < 1.29 is 9.47 Å². The quantitative estimate of drug-likeness (QED) is 0.286. The number of halogens is 6. The number of allylic oxidation sites excluding steroid dienone is 4. The molecule has 0 aliphatic heterocycles. The van der Waals surface area contributed by atoms with Gasteiger partial charge >= 0.3 is 0 Å². The fraction of sp³-hybridized carbons (Fsp3) is 0.250. The summed E-state index contributed by atoms with van der Waals surface area (Å²) in [7, 11) is 0. The third-order valence-electron chi connectivity index (χ3n) is 5.68. The van der Waals surface area contributed by atoms with Gasteiger partial charge in [0.25, 0.3) is 0 Å². The first kappa shape index (κ1) is 26.7. The molecule has 0 radical (unpaired) electrons. The van der Waals surface area contributed by atoms with E-state index in [0.717, 1.165) is 43.9 Å². The number of ether oxygens (including phenoxy) is 2. The number of hydrogen-bond acceptors (Lipinski definition) is 2. The molecule has 1 aliphatic rings. The minimum Gasteiger partial charge on any atom is -0.463 e. The molecule has 8 heteroatoms. The number of rotatable bonds is 4. The lowest BCUT2D eigenvalue weighted by Gasteiger charge is -2.32. The summed E-state index contributed by atoms with van der Waals surface area (Å²) in [5.74, 6) is 1.88. The average Bonchev–Trinajstić information content (AvgIpc) is 2.69. The van der Waals surface area contributed by atoms with E-state index in [1.807, 2.05) is 36.8 Å². The van der Waals surface area contributed by atoms with E-state index in [4.69, 9.17) is 9.47 Å². The van der Waals surface area contributed by atoms with E-state index in [1.54, 1.807) is 0 Å². The maximum absolute atomic E-state index is 6.16. The Balaban J connectivity index is 1.96. The molecule has 0 bridgehead atoms. The second-order valence-corrected chi connectivity index (χ2v) is 12.8. The van der Waals surface area contributed by atoms with Gasteiger partial charge < -0.3 is 9.47 Å². The van der Waals surface area contributed by atoms with Gasteiger partial charge in [-0.3, -0.25) is 0 Å². The summed E-state index contributed by atoms with van der Waals surface area (Å²) in [6, 6.07) is 7.86. The van der Waals surface area contributed by atoms with Gasteiger partial charge in [-0.05, 0) is 119 Å². The predicted octanol–water partition coefficient (Wildman–Crippen LogP) is 11.1. The van der Waals surface area contributed by atoms with E-state index in [1.165, 1.54) is 16.7 Å². The van der Waals surface area contributed by atoms with E-state index < -0.39 is 0 Å². The van der Waals surface area contributed by atoms with Gasteiger partial charge in [-0.15, -0.1) is 0 Å². The van der Waals surface area contributed by atoms with E-state index >= 15 is 0 Å². The molecule has 0 aromatic heterocycles. The molecule has 32 heavy (non-hydrogen) atoms. The highest BCUT2D eigenvalue weighted by molar-refractivity contribution is 9.12. The highest BCUT2D eigenvalue weighted by Gasteiger charge is 2.30. The second-order valence-electron chi connectivity index (χ2n) is 7.58. The van der Waals surface area contributed by atoms with Gasteiger partial charge in [-0.2, -0.15) is 0 Å². The summed E-state index contributed by atoms with van der Waals surface area (Å²) < 4.78 is 17.7. The zero-order chi connectivity index (χ0) is 23.7. The van der Waals surface area contributed by atoms with Crippen LogP contribution in [0.4, 0.5) is 0 Å². The molecule has 170 valence electrons. The van der Waals surface area contributed by atoms with Crippen molar-refractivity contribution in [3.8, 4) is 11.5 Å². The Morgan fingerprint density at radius 3 is 1.50 bits per heavy atom. The minimum absolute atomic E-state index is 0.134. The summed E-state index contributed by atoms with van der Waals surface area (Å²) in [6.07, 6.45) is 3.73. The average molecular weight is 820 g/mol. The van der Waals surface area contributed by atoms with Crippen LogP contribution in [0.1, 0.15) is 27.7 Å². The maximum Gasteiger partial charge on any atom is 0.154 e. The molecule has 0 spiro atoms. The van der Waals surface area contributed by atoms with Crippen LogP contribution < -0.4 is 9.47 Å². The van der Waals surface area contributed by atoms with Crippen LogP contribution in [0.5, 0.6) is 11.5 Å². The van der Waals surface area contributed by atoms with Crippen molar-refractivity contribution in [1.29, 1.82) is 0 Å². The van der Waals surface area contributed by atoms with Gasteiger partial charge in [-0.1, -0.05) is 51.3 Å². The van der Waals surface area contributed by atoms with Crippen LogP contribution in [0.25, 0.3) is 0 Å². The summed E-state index contributed by atoms with van der Waals surface area (Å²) in [6.45, 7) is 8.73. The number of benzene rings is 2.